The third kappa shape index (κ3) is 4.57. The van der Waals surface area contributed by atoms with E-state index in [1.54, 1.807) is 6.07 Å². The molecule has 156 valence electrons. The molecule has 1 aromatic carbocycles. The van der Waals surface area contributed by atoms with Crippen LogP contribution in [-0.4, -0.2) is 39.5 Å². The van der Waals surface area contributed by atoms with E-state index >= 15 is 0 Å². The molecule has 1 aliphatic heterocycles. The second-order valence-electron chi connectivity index (χ2n) is 6.44. The number of alkyl halides is 3. The summed E-state index contributed by atoms with van der Waals surface area (Å²) in [4.78, 5) is 24.2. The maximum atomic E-state index is 14.0. The molecule has 0 bridgehead atoms. The maximum absolute atomic E-state index is 14.0. The Kier molecular flexibility index (Phi) is 6.31. The molecule has 1 aliphatic rings. The van der Waals surface area contributed by atoms with Gasteiger partial charge in [0.2, 0.25) is 5.88 Å². The van der Waals surface area contributed by atoms with Crippen LogP contribution in [0, 0.1) is 12.3 Å². The van der Waals surface area contributed by atoms with E-state index in [2.05, 4.69) is 20.9 Å². The number of carbonyl (C=O) groups excluding carboxylic acids is 1. The van der Waals surface area contributed by atoms with Gasteiger partial charge < -0.3 is 10.5 Å². The summed E-state index contributed by atoms with van der Waals surface area (Å²) in [5.74, 6) is 2.25. The van der Waals surface area contributed by atoms with Crippen molar-refractivity contribution >= 4 is 22.7 Å². The molecule has 1 aromatic heterocycles. The van der Waals surface area contributed by atoms with Gasteiger partial charge in [0.05, 0.1) is 12.4 Å². The highest BCUT2D eigenvalue weighted by molar-refractivity contribution is 8.13. The molecule has 0 saturated heterocycles. The summed E-state index contributed by atoms with van der Waals surface area (Å²) in [5, 5.41) is -0.109. The molecule has 3 rings (SSSR count). The van der Waals surface area contributed by atoms with Gasteiger partial charge in [-0.2, -0.15) is 13.2 Å². The molecule has 0 fully saturated rings. The largest absolute Gasteiger partial charge is 0.463 e. The van der Waals surface area contributed by atoms with Crippen molar-refractivity contribution in [2.45, 2.75) is 24.6 Å². The van der Waals surface area contributed by atoms with Gasteiger partial charge in [0.25, 0.3) is 0 Å². The third-order valence-electron chi connectivity index (χ3n) is 4.47. The summed E-state index contributed by atoms with van der Waals surface area (Å²) in [6, 6.07) is 5.75. The fourth-order valence-corrected chi connectivity index (χ4v) is 3.85. The lowest BCUT2D eigenvalue weighted by atomic mass is 9.85. The minimum atomic E-state index is -4.62. The van der Waals surface area contributed by atoms with Crippen LogP contribution in [0.25, 0.3) is 0 Å². The first-order valence-electron chi connectivity index (χ1n) is 8.81. The van der Waals surface area contributed by atoms with Crippen molar-refractivity contribution in [1.29, 1.82) is 0 Å². The summed E-state index contributed by atoms with van der Waals surface area (Å²) in [6.45, 7) is 0.0151. The van der Waals surface area contributed by atoms with Crippen LogP contribution < -0.4 is 10.5 Å². The molecule has 0 aliphatic carbocycles. The van der Waals surface area contributed by atoms with E-state index in [1.165, 1.54) is 30.6 Å². The fourth-order valence-electron chi connectivity index (χ4n) is 3.02. The number of thioether (sulfide) groups is 1. The molecule has 1 unspecified atom stereocenters. The van der Waals surface area contributed by atoms with Crippen LogP contribution in [0.1, 0.15) is 28.0 Å². The van der Waals surface area contributed by atoms with Crippen molar-refractivity contribution in [2.24, 2.45) is 10.7 Å². The van der Waals surface area contributed by atoms with E-state index in [-0.39, 0.29) is 47.5 Å². The topological polar surface area (TPSA) is 90.5 Å². The maximum Gasteiger partial charge on any atom is 0.417 e. The van der Waals surface area contributed by atoms with Gasteiger partial charge in [-0.05, 0) is 17.5 Å². The lowest BCUT2D eigenvalue weighted by Gasteiger charge is -2.35. The highest BCUT2D eigenvalue weighted by Gasteiger charge is 2.57. The quantitative estimate of drug-likeness (QED) is 0.555. The normalized spacial score (nSPS) is 18.9. The number of Topliss-reactive ketones (excluding diaryl/α,β-unsaturated/α-hetero) is 1. The molecule has 0 amide bonds. The van der Waals surface area contributed by atoms with E-state index in [0.29, 0.717) is 5.56 Å². The number of carbonyl (C=O) groups is 1. The van der Waals surface area contributed by atoms with Gasteiger partial charge in [-0.25, -0.2) is 15.0 Å². The van der Waals surface area contributed by atoms with Gasteiger partial charge in [0.1, 0.15) is 5.69 Å². The van der Waals surface area contributed by atoms with Gasteiger partial charge in [-0.3, -0.25) is 4.79 Å². The molecule has 0 saturated carbocycles. The molecule has 30 heavy (non-hydrogen) atoms. The van der Waals surface area contributed by atoms with Crippen LogP contribution >= 0.6 is 11.8 Å². The number of aromatic nitrogens is 2. The Morgan fingerprint density at radius 2 is 2.13 bits per heavy atom. The van der Waals surface area contributed by atoms with Crippen molar-refractivity contribution in [1.82, 2.24) is 9.97 Å². The highest BCUT2D eigenvalue weighted by Crippen LogP contribution is 2.48. The third-order valence-corrected chi connectivity index (χ3v) is 5.27. The van der Waals surface area contributed by atoms with Crippen LogP contribution in [0.5, 0.6) is 5.88 Å². The van der Waals surface area contributed by atoms with Gasteiger partial charge in [0.15, 0.2) is 23.1 Å². The number of hydrogen-bond donors (Lipinski definition) is 1. The molecule has 2 heterocycles. The Hall–Kier alpha value is -3.06. The molecule has 1 atom stereocenters. The van der Waals surface area contributed by atoms with Crippen molar-refractivity contribution in [3.8, 4) is 18.2 Å². The Bertz CT molecular complexity index is 1000. The SMILES string of the molecule is C#CCOc1cnc(C(=O)Cc2cccc(C3(C(F)(F)F)CCSC(N)=N3)c2)cn1. The van der Waals surface area contributed by atoms with Crippen LogP contribution in [0.3, 0.4) is 0 Å². The fraction of sp³-hybridized carbons (Fsp3) is 0.300. The molecule has 6 nitrogen and oxygen atoms in total. The summed E-state index contributed by atoms with van der Waals surface area (Å²) in [7, 11) is 0. The predicted molar refractivity (Wildman–Crippen MR) is 107 cm³/mol. The second-order valence-corrected chi connectivity index (χ2v) is 7.55. The first kappa shape index (κ1) is 21.6. The zero-order valence-corrected chi connectivity index (χ0v) is 16.5. The number of halogens is 3. The molecular weight excluding hydrogens is 417 g/mol. The number of ketones is 1. The predicted octanol–water partition coefficient (Wildman–Crippen LogP) is 3.12. The van der Waals surface area contributed by atoms with Gasteiger partial charge in [-0.1, -0.05) is 41.9 Å². The van der Waals surface area contributed by atoms with E-state index in [9.17, 15) is 18.0 Å². The number of nitrogens with two attached hydrogens (primary N) is 1. The lowest BCUT2D eigenvalue weighted by molar-refractivity contribution is -0.189. The molecule has 0 spiro atoms. The van der Waals surface area contributed by atoms with E-state index in [4.69, 9.17) is 16.9 Å². The summed E-state index contributed by atoms with van der Waals surface area (Å²) >= 11 is 1.09. The standard InChI is InChI=1S/C20H17F3N4O2S/c1-2-7-29-17-12-25-15(11-26-17)16(28)10-13-4-3-5-14(9-13)19(20(21,22)23)6-8-30-18(24)27-19/h1,3-5,9,11-12H,6-8,10H2,(H2,24,27). The minimum Gasteiger partial charge on any atom is -0.463 e. The van der Waals surface area contributed by atoms with E-state index < -0.39 is 17.5 Å². The minimum absolute atomic E-state index is 0.0151. The number of benzene rings is 1. The van der Waals surface area contributed by atoms with Crippen molar-refractivity contribution in [3.63, 3.8) is 0 Å². The number of amidine groups is 1. The van der Waals surface area contributed by atoms with Crippen molar-refractivity contribution in [3.05, 3.63) is 53.5 Å². The van der Waals surface area contributed by atoms with Crippen molar-refractivity contribution < 1.29 is 22.7 Å². The van der Waals surface area contributed by atoms with Crippen LogP contribution in [0.2, 0.25) is 0 Å². The Morgan fingerprint density at radius 3 is 2.77 bits per heavy atom. The number of nitrogens with zero attached hydrogens (tertiary/aromatic N) is 3. The highest BCUT2D eigenvalue weighted by atomic mass is 32.2. The lowest BCUT2D eigenvalue weighted by Crippen LogP contribution is -2.44. The van der Waals surface area contributed by atoms with Crippen LogP contribution in [0.4, 0.5) is 13.2 Å². The first-order chi connectivity index (χ1) is 14.2. The molecular formula is C20H17F3N4O2S. The number of aliphatic imine (C=N–C) groups is 1. The number of hydrogen-bond acceptors (Lipinski definition) is 7. The smallest absolute Gasteiger partial charge is 0.417 e. The second kappa shape index (κ2) is 8.75. The van der Waals surface area contributed by atoms with Gasteiger partial charge >= 0.3 is 6.18 Å². The summed E-state index contributed by atoms with van der Waals surface area (Å²) < 4.78 is 47.0. The zero-order chi connectivity index (χ0) is 21.8. The number of rotatable bonds is 6. The monoisotopic (exact) mass is 434 g/mol. The molecule has 2 N–H and O–H groups in total. The molecule has 2 aromatic rings. The first-order valence-corrected chi connectivity index (χ1v) is 9.79. The average molecular weight is 434 g/mol. The Morgan fingerprint density at radius 1 is 1.33 bits per heavy atom. The van der Waals surface area contributed by atoms with Gasteiger partial charge in [0, 0.05) is 12.2 Å². The van der Waals surface area contributed by atoms with Gasteiger partial charge in [-0.15, -0.1) is 6.42 Å². The Labute approximate surface area is 175 Å². The molecule has 10 heteroatoms. The summed E-state index contributed by atoms with van der Waals surface area (Å²) in [6.07, 6.45) is 2.58. The van der Waals surface area contributed by atoms with E-state index in [1.807, 2.05) is 0 Å². The average Bonchev–Trinajstić information content (AvgIpc) is 2.72. The van der Waals surface area contributed by atoms with E-state index in [0.717, 1.165) is 11.8 Å². The van der Waals surface area contributed by atoms with Crippen LogP contribution in [0.15, 0.2) is 41.7 Å². The summed E-state index contributed by atoms with van der Waals surface area (Å²) in [5.41, 5.74) is 3.61. The number of terminal acetylenes is 1. The molecule has 0 radical (unpaired) electrons. The van der Waals surface area contributed by atoms with Crippen molar-refractivity contribution in [2.75, 3.05) is 12.4 Å². The Balaban J connectivity index is 1.84. The number of ether oxygens (including phenoxy) is 1. The zero-order valence-electron chi connectivity index (χ0n) is 15.6. The van der Waals surface area contributed by atoms with Crippen LogP contribution in [-0.2, 0) is 12.0 Å².